The third kappa shape index (κ3) is 4.83. The summed E-state index contributed by atoms with van der Waals surface area (Å²) < 4.78 is 57.1. The topological polar surface area (TPSA) is 124 Å². The van der Waals surface area contributed by atoms with E-state index >= 15 is 0 Å². The quantitative estimate of drug-likeness (QED) is 0.589. The number of nitrogens with one attached hydrogen (secondary N) is 1. The third-order valence-electron chi connectivity index (χ3n) is 4.77. The van der Waals surface area contributed by atoms with Gasteiger partial charge < -0.3 is 10.5 Å². The predicted molar refractivity (Wildman–Crippen MR) is 116 cm³/mol. The van der Waals surface area contributed by atoms with Crippen molar-refractivity contribution in [2.45, 2.75) is 18.6 Å². The number of amides is 1. The lowest BCUT2D eigenvalue weighted by molar-refractivity contribution is 0.215. The summed E-state index contributed by atoms with van der Waals surface area (Å²) in [6.07, 6.45) is -0.0432. The maximum Gasteiger partial charge on any atom is 0.417 e. The van der Waals surface area contributed by atoms with E-state index in [1.807, 2.05) is 5.32 Å². The number of anilines is 2. The second-order valence-corrected chi connectivity index (χ2v) is 9.99. The number of benzene rings is 2. The van der Waals surface area contributed by atoms with E-state index in [2.05, 4.69) is 9.97 Å². The normalized spacial score (nSPS) is 11.8. The van der Waals surface area contributed by atoms with Gasteiger partial charge in [-0.05, 0) is 38.1 Å². The maximum absolute atomic E-state index is 14.6. The lowest BCUT2D eigenvalue weighted by Crippen LogP contribution is -2.29. The van der Waals surface area contributed by atoms with Gasteiger partial charge in [-0.25, -0.2) is 32.0 Å². The molecule has 0 aliphatic rings. The second-order valence-electron chi connectivity index (χ2n) is 7.43. The van der Waals surface area contributed by atoms with Gasteiger partial charge in [-0.1, -0.05) is 18.2 Å². The Morgan fingerprint density at radius 3 is 2.22 bits per heavy atom. The van der Waals surface area contributed by atoms with Gasteiger partial charge in [0.15, 0.2) is 27.3 Å². The molecule has 0 saturated carbocycles. The van der Waals surface area contributed by atoms with Crippen LogP contribution in [0.2, 0.25) is 0 Å². The second kappa shape index (κ2) is 8.50. The predicted octanol–water partition coefficient (Wildman–Crippen LogP) is 3.89. The fourth-order valence-electron chi connectivity index (χ4n) is 2.64. The molecule has 0 atom stereocenters. The standard InChI is InChI=1S/C21H20F2N4O4S/c1-21(2,32(3,29)30)16-11-17(24)26-19(25-16)12-9-14(22)18(15(23)10-12)27-20(28)31-13-7-5-4-6-8-13/h4-11H,1-3H3,(H,27,28)(H2,24,25,26). The number of halogens is 2. The molecule has 1 aromatic heterocycles. The Bertz CT molecular complexity index is 1260. The van der Waals surface area contributed by atoms with Crippen molar-refractivity contribution in [1.29, 1.82) is 0 Å². The Hall–Kier alpha value is -3.60. The van der Waals surface area contributed by atoms with E-state index in [1.54, 1.807) is 18.2 Å². The minimum Gasteiger partial charge on any atom is -0.410 e. The van der Waals surface area contributed by atoms with Gasteiger partial charge in [0.2, 0.25) is 0 Å². The van der Waals surface area contributed by atoms with Crippen LogP contribution in [-0.2, 0) is 14.6 Å². The first-order valence-electron chi connectivity index (χ1n) is 9.26. The molecule has 3 N–H and O–H groups in total. The van der Waals surface area contributed by atoms with Crippen molar-refractivity contribution in [3.05, 3.63) is 65.9 Å². The van der Waals surface area contributed by atoms with Gasteiger partial charge in [-0.15, -0.1) is 0 Å². The van der Waals surface area contributed by atoms with E-state index in [0.29, 0.717) is 0 Å². The van der Waals surface area contributed by atoms with Crippen LogP contribution in [0.3, 0.4) is 0 Å². The van der Waals surface area contributed by atoms with Crippen molar-refractivity contribution in [2.75, 3.05) is 17.3 Å². The summed E-state index contributed by atoms with van der Waals surface area (Å²) in [5.41, 5.74) is 5.02. The zero-order valence-electron chi connectivity index (χ0n) is 17.4. The Balaban J connectivity index is 1.93. The van der Waals surface area contributed by atoms with Crippen LogP contribution >= 0.6 is 0 Å². The highest BCUT2D eigenvalue weighted by atomic mass is 32.2. The van der Waals surface area contributed by atoms with Gasteiger partial charge in [0, 0.05) is 17.9 Å². The van der Waals surface area contributed by atoms with Crippen molar-refractivity contribution < 1.29 is 26.7 Å². The summed E-state index contributed by atoms with van der Waals surface area (Å²) in [7, 11) is -3.59. The highest BCUT2D eigenvalue weighted by Gasteiger charge is 2.34. The third-order valence-corrected chi connectivity index (χ3v) is 6.83. The number of ether oxygens (including phenoxy) is 1. The molecule has 11 heteroatoms. The Kier molecular flexibility index (Phi) is 6.13. The molecule has 3 rings (SSSR count). The van der Waals surface area contributed by atoms with E-state index in [0.717, 1.165) is 18.4 Å². The fraction of sp³-hybridized carbons (Fsp3) is 0.190. The molecule has 168 valence electrons. The number of carbonyl (C=O) groups excluding carboxylic acids is 1. The van der Waals surface area contributed by atoms with E-state index in [1.165, 1.54) is 32.0 Å². The first-order valence-corrected chi connectivity index (χ1v) is 11.2. The van der Waals surface area contributed by atoms with Crippen molar-refractivity contribution in [3.8, 4) is 17.1 Å². The molecule has 1 amide bonds. The molecule has 8 nitrogen and oxygen atoms in total. The number of rotatable bonds is 5. The Morgan fingerprint density at radius 1 is 1.06 bits per heavy atom. The molecule has 0 unspecified atom stereocenters. The summed E-state index contributed by atoms with van der Waals surface area (Å²) in [5.74, 6) is -2.28. The number of hydrogen-bond donors (Lipinski definition) is 2. The molecular formula is C21H20F2N4O4S. The summed E-state index contributed by atoms with van der Waals surface area (Å²) in [6.45, 7) is 2.86. The van der Waals surface area contributed by atoms with Gasteiger partial charge >= 0.3 is 6.09 Å². The number of nitrogen functional groups attached to an aromatic ring is 1. The molecular weight excluding hydrogens is 442 g/mol. The average molecular weight is 462 g/mol. The lowest BCUT2D eigenvalue weighted by atomic mass is 10.1. The summed E-state index contributed by atoms with van der Waals surface area (Å²) in [6, 6.07) is 11.0. The van der Waals surface area contributed by atoms with E-state index < -0.39 is 38.0 Å². The van der Waals surface area contributed by atoms with Crippen LogP contribution in [0.15, 0.2) is 48.5 Å². The minimum absolute atomic E-state index is 0.0666. The number of sulfone groups is 1. The van der Waals surface area contributed by atoms with Crippen molar-refractivity contribution >= 4 is 27.4 Å². The molecule has 0 spiro atoms. The van der Waals surface area contributed by atoms with Gasteiger partial charge in [0.05, 0.1) is 5.69 Å². The largest absolute Gasteiger partial charge is 0.417 e. The molecule has 0 fully saturated rings. The lowest BCUT2D eigenvalue weighted by Gasteiger charge is -2.22. The smallest absolute Gasteiger partial charge is 0.410 e. The minimum atomic E-state index is -3.59. The van der Waals surface area contributed by atoms with Crippen LogP contribution in [0.5, 0.6) is 5.75 Å². The summed E-state index contributed by atoms with van der Waals surface area (Å²) in [4.78, 5) is 20.1. The zero-order chi connectivity index (χ0) is 23.7. The maximum atomic E-state index is 14.6. The Morgan fingerprint density at radius 2 is 1.66 bits per heavy atom. The molecule has 0 aliphatic heterocycles. The Labute approximate surface area is 183 Å². The molecule has 0 saturated heterocycles. The van der Waals surface area contributed by atoms with Crippen LogP contribution in [0.1, 0.15) is 19.5 Å². The zero-order valence-corrected chi connectivity index (χ0v) is 18.2. The SMILES string of the molecule is CC(C)(c1cc(N)nc(-c2cc(F)c(NC(=O)Oc3ccccc3)c(F)c2)n1)S(C)(=O)=O. The molecule has 0 bridgehead atoms. The molecule has 0 aliphatic carbocycles. The molecule has 1 heterocycles. The first-order chi connectivity index (χ1) is 14.9. The fourth-order valence-corrected chi connectivity index (χ4v) is 3.12. The van der Waals surface area contributed by atoms with Gasteiger partial charge in [0.1, 0.15) is 22.0 Å². The highest BCUT2D eigenvalue weighted by molar-refractivity contribution is 7.91. The van der Waals surface area contributed by atoms with Crippen molar-refractivity contribution in [1.82, 2.24) is 9.97 Å². The van der Waals surface area contributed by atoms with Gasteiger partial charge in [0.25, 0.3) is 0 Å². The molecule has 3 aromatic rings. The monoisotopic (exact) mass is 462 g/mol. The number of nitrogens with two attached hydrogens (primary N) is 1. The van der Waals surface area contributed by atoms with Crippen LogP contribution in [0.4, 0.5) is 25.1 Å². The van der Waals surface area contributed by atoms with Crippen LogP contribution in [0, 0.1) is 11.6 Å². The number of carbonyl (C=O) groups is 1. The van der Waals surface area contributed by atoms with E-state index in [9.17, 15) is 22.0 Å². The highest BCUT2D eigenvalue weighted by Crippen LogP contribution is 2.31. The summed E-state index contributed by atoms with van der Waals surface area (Å²) in [5, 5.41) is 2.02. The molecule has 2 aromatic carbocycles. The van der Waals surface area contributed by atoms with Crippen LogP contribution in [-0.4, -0.2) is 30.7 Å². The number of hydrogen-bond acceptors (Lipinski definition) is 7. The number of para-hydroxylation sites is 1. The van der Waals surface area contributed by atoms with Gasteiger partial charge in [-0.2, -0.15) is 0 Å². The number of aromatic nitrogens is 2. The average Bonchev–Trinajstić information content (AvgIpc) is 2.70. The van der Waals surface area contributed by atoms with E-state index in [4.69, 9.17) is 10.5 Å². The molecule has 0 radical (unpaired) electrons. The summed E-state index contributed by atoms with van der Waals surface area (Å²) >= 11 is 0. The van der Waals surface area contributed by atoms with E-state index in [-0.39, 0.29) is 28.6 Å². The first kappa shape index (κ1) is 23.1. The molecule has 32 heavy (non-hydrogen) atoms. The van der Waals surface area contributed by atoms with Gasteiger partial charge in [-0.3, -0.25) is 5.32 Å². The van der Waals surface area contributed by atoms with Crippen LogP contribution < -0.4 is 15.8 Å². The van der Waals surface area contributed by atoms with Crippen molar-refractivity contribution in [3.63, 3.8) is 0 Å². The van der Waals surface area contributed by atoms with Crippen LogP contribution in [0.25, 0.3) is 11.4 Å². The number of nitrogens with zero attached hydrogens (tertiary/aromatic N) is 2. The van der Waals surface area contributed by atoms with Crippen molar-refractivity contribution in [2.24, 2.45) is 0 Å².